The zero-order valence-corrected chi connectivity index (χ0v) is 17.4. The van der Waals surface area contributed by atoms with Gasteiger partial charge in [-0.2, -0.15) is 0 Å². The number of sulfone groups is 1. The van der Waals surface area contributed by atoms with Crippen LogP contribution in [0.5, 0.6) is 5.75 Å². The van der Waals surface area contributed by atoms with E-state index in [0.717, 1.165) is 41.7 Å². The van der Waals surface area contributed by atoms with Crippen molar-refractivity contribution in [1.82, 2.24) is 0 Å². The summed E-state index contributed by atoms with van der Waals surface area (Å²) in [5, 5.41) is 9.39. The fourth-order valence-electron chi connectivity index (χ4n) is 4.44. The van der Waals surface area contributed by atoms with Gasteiger partial charge in [0.05, 0.1) is 23.7 Å². The summed E-state index contributed by atoms with van der Waals surface area (Å²) in [5.74, 6) is 0.689. The van der Waals surface area contributed by atoms with Gasteiger partial charge in [-0.3, -0.25) is 0 Å². The molecule has 1 aliphatic heterocycles. The molecule has 4 rings (SSSR count). The Hall–Kier alpha value is -2.34. The van der Waals surface area contributed by atoms with Crippen LogP contribution in [0.4, 0.5) is 0 Å². The Morgan fingerprint density at radius 2 is 1.83 bits per heavy atom. The second-order valence-electron chi connectivity index (χ2n) is 8.21. The molecule has 0 bridgehead atoms. The third-order valence-corrected chi connectivity index (χ3v) is 7.78. The molecular weight excluding hydrogens is 388 g/mol. The number of benzene rings is 2. The maximum absolute atomic E-state index is 11.6. The number of hydrogen-bond acceptors (Lipinski definition) is 4. The van der Waals surface area contributed by atoms with Crippen LogP contribution in [0, 0.1) is 12.8 Å². The maximum Gasteiger partial charge on any atom is 0.335 e. The molecule has 6 heteroatoms. The SMILES string of the molecule is Cc1cc(OCC2CCS(=O)(=O)CC2)cc2c1-c1cc(C(=O)O)ccc1CCC2. The lowest BCUT2D eigenvalue weighted by atomic mass is 9.91. The first-order chi connectivity index (χ1) is 13.8. The Bertz CT molecular complexity index is 1040. The van der Waals surface area contributed by atoms with Crippen molar-refractivity contribution in [3.05, 3.63) is 52.6 Å². The lowest BCUT2D eigenvalue weighted by Gasteiger charge is -2.23. The molecule has 1 N–H and O–H groups in total. The number of aryl methyl sites for hydroxylation is 3. The fraction of sp³-hybridized carbons (Fsp3) is 0.435. The van der Waals surface area contributed by atoms with Crippen LogP contribution in [0.1, 0.15) is 46.3 Å². The minimum Gasteiger partial charge on any atom is -0.493 e. The summed E-state index contributed by atoms with van der Waals surface area (Å²) in [4.78, 5) is 11.4. The standard InChI is InChI=1S/C23H26O5S/c1-15-11-20(28-14-16-7-9-29(26,27)10-8-16)12-18-4-2-3-17-5-6-19(23(24)25)13-21(17)22(15)18/h5-6,11-13,16H,2-4,7-10,14H2,1H3,(H,24,25). The van der Waals surface area contributed by atoms with Gasteiger partial charge in [0.15, 0.2) is 0 Å². The van der Waals surface area contributed by atoms with E-state index in [9.17, 15) is 18.3 Å². The number of aromatic carboxylic acids is 1. The molecule has 0 atom stereocenters. The van der Waals surface area contributed by atoms with Crippen LogP contribution in [0.25, 0.3) is 11.1 Å². The number of hydrogen-bond donors (Lipinski definition) is 1. The molecule has 5 nitrogen and oxygen atoms in total. The van der Waals surface area contributed by atoms with Gasteiger partial charge in [0, 0.05) is 0 Å². The monoisotopic (exact) mass is 414 g/mol. The summed E-state index contributed by atoms with van der Waals surface area (Å²) in [7, 11) is -2.86. The van der Waals surface area contributed by atoms with Crippen LogP contribution in [-0.4, -0.2) is 37.6 Å². The summed E-state index contributed by atoms with van der Waals surface area (Å²) >= 11 is 0. The number of fused-ring (bicyclic) bond motifs is 3. The van der Waals surface area contributed by atoms with E-state index in [1.807, 2.05) is 19.1 Å². The van der Waals surface area contributed by atoms with E-state index >= 15 is 0 Å². The molecule has 154 valence electrons. The molecule has 0 aromatic heterocycles. The van der Waals surface area contributed by atoms with Crippen LogP contribution >= 0.6 is 0 Å². The number of carboxylic acids is 1. The highest BCUT2D eigenvalue weighted by atomic mass is 32.2. The van der Waals surface area contributed by atoms with Gasteiger partial charge in [0.1, 0.15) is 15.6 Å². The number of carbonyl (C=O) groups is 1. The van der Waals surface area contributed by atoms with Crippen LogP contribution in [0.15, 0.2) is 30.3 Å². The molecule has 0 saturated carbocycles. The average Bonchev–Trinajstić information content (AvgIpc) is 2.86. The maximum atomic E-state index is 11.6. The molecule has 0 unspecified atom stereocenters. The van der Waals surface area contributed by atoms with Crippen LogP contribution in [0.2, 0.25) is 0 Å². The number of ether oxygens (including phenoxy) is 1. The normalized spacial score (nSPS) is 18.4. The first-order valence-electron chi connectivity index (χ1n) is 10.2. The van der Waals surface area contributed by atoms with Gasteiger partial charge in [0.25, 0.3) is 0 Å². The lowest BCUT2D eigenvalue weighted by Crippen LogP contribution is -2.26. The Morgan fingerprint density at radius 3 is 2.55 bits per heavy atom. The van der Waals surface area contributed by atoms with Crippen molar-refractivity contribution >= 4 is 15.8 Å². The van der Waals surface area contributed by atoms with Crippen molar-refractivity contribution in [2.24, 2.45) is 5.92 Å². The summed E-state index contributed by atoms with van der Waals surface area (Å²) in [5.41, 5.74) is 5.90. The van der Waals surface area contributed by atoms with Crippen LogP contribution < -0.4 is 4.74 Å². The van der Waals surface area contributed by atoms with Gasteiger partial charge in [-0.15, -0.1) is 0 Å². The third-order valence-electron chi connectivity index (χ3n) is 6.07. The van der Waals surface area contributed by atoms with Crippen molar-refractivity contribution < 1.29 is 23.1 Å². The van der Waals surface area contributed by atoms with Crippen molar-refractivity contribution in [3.63, 3.8) is 0 Å². The fourth-order valence-corrected chi connectivity index (χ4v) is 6.03. The van der Waals surface area contributed by atoms with Gasteiger partial charge in [-0.1, -0.05) is 6.07 Å². The molecule has 1 fully saturated rings. The van der Waals surface area contributed by atoms with E-state index in [2.05, 4.69) is 6.07 Å². The van der Waals surface area contributed by atoms with E-state index in [0.29, 0.717) is 25.0 Å². The zero-order valence-electron chi connectivity index (χ0n) is 16.6. The summed E-state index contributed by atoms with van der Waals surface area (Å²) in [6.07, 6.45) is 4.19. The predicted octanol–water partition coefficient (Wildman–Crippen LogP) is 4.05. The minimum absolute atomic E-state index is 0.257. The average molecular weight is 415 g/mol. The first-order valence-corrected chi connectivity index (χ1v) is 12.0. The molecule has 2 aromatic rings. The van der Waals surface area contributed by atoms with Gasteiger partial charge < -0.3 is 9.84 Å². The highest BCUT2D eigenvalue weighted by Crippen LogP contribution is 2.38. The second-order valence-corrected chi connectivity index (χ2v) is 10.5. The topological polar surface area (TPSA) is 80.7 Å². The molecular formula is C23H26O5S. The molecule has 29 heavy (non-hydrogen) atoms. The Labute approximate surface area is 171 Å². The first kappa shape index (κ1) is 20.0. The Balaban J connectivity index is 1.59. The second kappa shape index (κ2) is 7.82. The van der Waals surface area contributed by atoms with E-state index < -0.39 is 15.8 Å². The summed E-state index contributed by atoms with van der Waals surface area (Å²) < 4.78 is 29.3. The van der Waals surface area contributed by atoms with Crippen molar-refractivity contribution in [2.45, 2.75) is 39.0 Å². The molecule has 2 aromatic carbocycles. The molecule has 1 aliphatic carbocycles. The molecule has 1 saturated heterocycles. The number of rotatable bonds is 4. The zero-order chi connectivity index (χ0) is 20.6. The number of carboxylic acid groups (broad SMARTS) is 1. The van der Waals surface area contributed by atoms with E-state index in [-0.39, 0.29) is 17.4 Å². The molecule has 1 heterocycles. The minimum atomic E-state index is -2.86. The van der Waals surface area contributed by atoms with Crippen LogP contribution in [0.3, 0.4) is 0 Å². The van der Waals surface area contributed by atoms with Gasteiger partial charge in [-0.25, -0.2) is 13.2 Å². The smallest absolute Gasteiger partial charge is 0.335 e. The highest BCUT2D eigenvalue weighted by molar-refractivity contribution is 7.91. The largest absolute Gasteiger partial charge is 0.493 e. The van der Waals surface area contributed by atoms with E-state index in [1.54, 1.807) is 12.1 Å². The molecule has 2 aliphatic rings. The van der Waals surface area contributed by atoms with Crippen molar-refractivity contribution in [3.8, 4) is 16.9 Å². The third kappa shape index (κ3) is 4.32. The molecule has 0 spiro atoms. The van der Waals surface area contributed by atoms with Crippen molar-refractivity contribution in [2.75, 3.05) is 18.1 Å². The molecule has 0 radical (unpaired) electrons. The van der Waals surface area contributed by atoms with E-state index in [1.165, 1.54) is 11.1 Å². The van der Waals surface area contributed by atoms with E-state index in [4.69, 9.17) is 4.74 Å². The van der Waals surface area contributed by atoms with Gasteiger partial charge >= 0.3 is 5.97 Å². The van der Waals surface area contributed by atoms with Crippen LogP contribution in [-0.2, 0) is 22.7 Å². The predicted molar refractivity (Wildman–Crippen MR) is 112 cm³/mol. The molecule has 0 amide bonds. The lowest BCUT2D eigenvalue weighted by molar-refractivity contribution is 0.0697. The highest BCUT2D eigenvalue weighted by Gasteiger charge is 2.24. The Kier molecular flexibility index (Phi) is 5.38. The summed E-state index contributed by atoms with van der Waals surface area (Å²) in [6, 6.07) is 9.50. The summed E-state index contributed by atoms with van der Waals surface area (Å²) in [6.45, 7) is 2.58. The Morgan fingerprint density at radius 1 is 1.10 bits per heavy atom. The van der Waals surface area contributed by atoms with Gasteiger partial charge in [-0.05, 0) is 97.0 Å². The quantitative estimate of drug-likeness (QED) is 0.816. The van der Waals surface area contributed by atoms with Gasteiger partial charge in [0.2, 0.25) is 0 Å². The van der Waals surface area contributed by atoms with Crippen molar-refractivity contribution in [1.29, 1.82) is 0 Å².